The van der Waals surface area contributed by atoms with Crippen LogP contribution in [-0.4, -0.2) is 30.6 Å². The molecule has 3 atom stereocenters. The molecule has 1 saturated heterocycles. The lowest BCUT2D eigenvalue weighted by atomic mass is 9.68. The summed E-state index contributed by atoms with van der Waals surface area (Å²) in [6, 6.07) is 2.16. The first-order valence-electron chi connectivity index (χ1n) is 6.67. The highest BCUT2D eigenvalue weighted by Gasteiger charge is 2.56. The van der Waals surface area contributed by atoms with Gasteiger partial charge in [0.25, 0.3) is 0 Å². The van der Waals surface area contributed by atoms with E-state index in [4.69, 9.17) is 0 Å². The van der Waals surface area contributed by atoms with E-state index in [1.54, 1.807) is 0 Å². The van der Waals surface area contributed by atoms with Crippen LogP contribution in [0.2, 0.25) is 0 Å². The minimum atomic E-state index is -3.16. The van der Waals surface area contributed by atoms with E-state index in [0.29, 0.717) is 18.8 Å². The van der Waals surface area contributed by atoms with Gasteiger partial charge in [0.15, 0.2) is 9.84 Å². The maximum atomic E-state index is 11.7. The fraction of sp³-hybridized carbons (Fsp3) is 0.923. The van der Waals surface area contributed by atoms with Crippen molar-refractivity contribution in [3.05, 3.63) is 0 Å². The van der Waals surface area contributed by atoms with Gasteiger partial charge in [0.2, 0.25) is 0 Å². The summed E-state index contributed by atoms with van der Waals surface area (Å²) in [5, 5.41) is 20.3. The summed E-state index contributed by atoms with van der Waals surface area (Å²) in [5.41, 5.74) is -2.19. The van der Waals surface area contributed by atoms with Crippen molar-refractivity contribution in [3.63, 3.8) is 0 Å². The van der Waals surface area contributed by atoms with Crippen molar-refractivity contribution >= 4 is 9.84 Å². The summed E-state index contributed by atoms with van der Waals surface area (Å²) in [6.45, 7) is 2.15. The molecule has 0 aromatic carbocycles. The number of hydrogen-bond acceptors (Lipinski definition) is 4. The highest BCUT2D eigenvalue weighted by Crippen LogP contribution is 2.48. The predicted molar refractivity (Wildman–Crippen MR) is 68.5 cm³/mol. The molecule has 0 radical (unpaired) electrons. The molecule has 1 aliphatic heterocycles. The van der Waals surface area contributed by atoms with Crippen LogP contribution in [0.3, 0.4) is 0 Å². The molecule has 0 bridgehead atoms. The maximum Gasteiger partial charge on any atom is 0.152 e. The SMILES string of the molecule is CC1CCCC(O)(C2(C#N)CCS(=O)(=O)C2)CC1. The molecular weight excluding hydrogens is 250 g/mol. The van der Waals surface area contributed by atoms with Crippen LogP contribution in [0, 0.1) is 22.7 Å². The summed E-state index contributed by atoms with van der Waals surface area (Å²) in [6.07, 6.45) is 4.20. The van der Waals surface area contributed by atoms with Crippen LogP contribution in [0.15, 0.2) is 0 Å². The lowest BCUT2D eigenvalue weighted by molar-refractivity contribution is -0.0566. The number of sulfone groups is 1. The Morgan fingerprint density at radius 2 is 2.00 bits per heavy atom. The van der Waals surface area contributed by atoms with Gasteiger partial charge < -0.3 is 5.11 Å². The first-order valence-corrected chi connectivity index (χ1v) is 8.49. The predicted octanol–water partition coefficient (Wildman–Crippen LogP) is 1.65. The molecule has 1 saturated carbocycles. The third kappa shape index (κ3) is 2.28. The van der Waals surface area contributed by atoms with Gasteiger partial charge in [-0.2, -0.15) is 5.26 Å². The van der Waals surface area contributed by atoms with E-state index in [-0.39, 0.29) is 17.9 Å². The van der Waals surface area contributed by atoms with E-state index < -0.39 is 20.9 Å². The van der Waals surface area contributed by atoms with Crippen molar-refractivity contribution in [2.24, 2.45) is 11.3 Å². The molecule has 1 N–H and O–H groups in total. The van der Waals surface area contributed by atoms with Crippen molar-refractivity contribution in [3.8, 4) is 6.07 Å². The third-order valence-corrected chi connectivity index (χ3v) is 6.51. The van der Waals surface area contributed by atoms with Crippen LogP contribution >= 0.6 is 0 Å². The smallest absolute Gasteiger partial charge is 0.152 e. The number of nitrogens with zero attached hydrogens (tertiary/aromatic N) is 1. The van der Waals surface area contributed by atoms with E-state index in [2.05, 4.69) is 13.0 Å². The standard InChI is InChI=1S/C13H21NO3S/c1-11-3-2-5-13(15,6-4-11)12(9-14)7-8-18(16,17)10-12/h11,15H,2-8,10H2,1H3. The molecule has 2 aliphatic rings. The minimum absolute atomic E-state index is 0.0401. The van der Waals surface area contributed by atoms with Crippen molar-refractivity contribution < 1.29 is 13.5 Å². The Hall–Kier alpha value is -0.600. The number of rotatable bonds is 1. The lowest BCUT2D eigenvalue weighted by Gasteiger charge is -2.39. The van der Waals surface area contributed by atoms with Gasteiger partial charge >= 0.3 is 0 Å². The number of aliphatic hydroxyl groups is 1. The van der Waals surface area contributed by atoms with Crippen molar-refractivity contribution in [2.45, 2.75) is 51.0 Å². The Kier molecular flexibility index (Phi) is 3.46. The van der Waals surface area contributed by atoms with Crippen LogP contribution in [-0.2, 0) is 9.84 Å². The molecule has 2 fully saturated rings. The van der Waals surface area contributed by atoms with Crippen LogP contribution in [0.5, 0.6) is 0 Å². The van der Waals surface area contributed by atoms with Gasteiger partial charge in [-0.3, -0.25) is 0 Å². The molecule has 1 heterocycles. The Morgan fingerprint density at radius 1 is 1.28 bits per heavy atom. The van der Waals surface area contributed by atoms with E-state index in [9.17, 15) is 18.8 Å². The molecule has 102 valence electrons. The number of nitriles is 1. The summed E-state index contributed by atoms with van der Waals surface area (Å²) in [4.78, 5) is 0. The van der Waals surface area contributed by atoms with Gasteiger partial charge in [0.05, 0.1) is 23.2 Å². The molecule has 5 heteroatoms. The Labute approximate surface area is 109 Å². The fourth-order valence-corrected chi connectivity index (χ4v) is 5.42. The van der Waals surface area contributed by atoms with Gasteiger partial charge in [-0.1, -0.05) is 19.8 Å². The van der Waals surface area contributed by atoms with Crippen LogP contribution in [0.4, 0.5) is 0 Å². The molecule has 2 rings (SSSR count). The van der Waals surface area contributed by atoms with Gasteiger partial charge in [-0.15, -0.1) is 0 Å². The Balaban J connectivity index is 2.30. The molecular formula is C13H21NO3S. The number of hydrogen-bond donors (Lipinski definition) is 1. The Morgan fingerprint density at radius 3 is 2.56 bits per heavy atom. The van der Waals surface area contributed by atoms with E-state index in [1.807, 2.05) is 0 Å². The van der Waals surface area contributed by atoms with E-state index in [1.165, 1.54) is 0 Å². The summed E-state index contributed by atoms with van der Waals surface area (Å²) in [5.74, 6) is 0.424. The van der Waals surface area contributed by atoms with Crippen molar-refractivity contribution in [1.29, 1.82) is 5.26 Å². The first kappa shape index (κ1) is 13.8. The van der Waals surface area contributed by atoms with Crippen molar-refractivity contribution in [1.82, 2.24) is 0 Å². The minimum Gasteiger partial charge on any atom is -0.388 e. The largest absolute Gasteiger partial charge is 0.388 e. The summed E-state index contributed by atoms with van der Waals surface area (Å²) >= 11 is 0. The summed E-state index contributed by atoms with van der Waals surface area (Å²) in [7, 11) is -3.16. The second-order valence-corrected chi connectivity index (χ2v) is 8.29. The molecule has 4 nitrogen and oxygen atoms in total. The van der Waals surface area contributed by atoms with Gasteiger partial charge in [0, 0.05) is 0 Å². The lowest BCUT2D eigenvalue weighted by Crippen LogP contribution is -2.48. The molecule has 0 spiro atoms. The maximum absolute atomic E-state index is 11.7. The highest BCUT2D eigenvalue weighted by molar-refractivity contribution is 7.91. The van der Waals surface area contributed by atoms with E-state index >= 15 is 0 Å². The first-order chi connectivity index (χ1) is 8.33. The van der Waals surface area contributed by atoms with E-state index in [0.717, 1.165) is 19.3 Å². The third-order valence-electron chi connectivity index (χ3n) is 4.75. The topological polar surface area (TPSA) is 78.2 Å². The zero-order valence-corrected chi connectivity index (χ0v) is 11.7. The molecule has 0 aromatic rings. The average molecular weight is 271 g/mol. The monoisotopic (exact) mass is 271 g/mol. The molecule has 3 unspecified atom stereocenters. The van der Waals surface area contributed by atoms with Crippen LogP contribution in [0.1, 0.15) is 45.4 Å². The zero-order valence-electron chi connectivity index (χ0n) is 10.9. The van der Waals surface area contributed by atoms with Gasteiger partial charge in [-0.05, 0) is 31.6 Å². The molecule has 18 heavy (non-hydrogen) atoms. The quantitative estimate of drug-likeness (QED) is 0.735. The summed E-state index contributed by atoms with van der Waals surface area (Å²) < 4.78 is 23.4. The van der Waals surface area contributed by atoms with Crippen LogP contribution < -0.4 is 0 Å². The normalized spacial score (nSPS) is 44.2. The Bertz CT molecular complexity index is 467. The fourth-order valence-electron chi connectivity index (χ4n) is 3.38. The van der Waals surface area contributed by atoms with Gasteiger partial charge in [-0.25, -0.2) is 8.42 Å². The van der Waals surface area contributed by atoms with Gasteiger partial charge in [0.1, 0.15) is 5.41 Å². The zero-order chi connectivity index (χ0) is 13.4. The highest BCUT2D eigenvalue weighted by atomic mass is 32.2. The average Bonchev–Trinajstić information content (AvgIpc) is 2.53. The van der Waals surface area contributed by atoms with Crippen LogP contribution in [0.25, 0.3) is 0 Å². The molecule has 0 amide bonds. The van der Waals surface area contributed by atoms with Crippen molar-refractivity contribution in [2.75, 3.05) is 11.5 Å². The second kappa shape index (κ2) is 4.50. The second-order valence-electron chi connectivity index (χ2n) is 6.10. The molecule has 0 aromatic heterocycles. The molecule has 1 aliphatic carbocycles.